The topological polar surface area (TPSA) is 61.4 Å². The molecule has 2 amide bonds. The van der Waals surface area contributed by atoms with Crippen LogP contribution in [-0.2, 0) is 9.59 Å². The van der Waals surface area contributed by atoms with Crippen molar-refractivity contribution in [3.63, 3.8) is 0 Å². The number of anilines is 1. The van der Waals surface area contributed by atoms with E-state index in [9.17, 15) is 9.59 Å². The van der Waals surface area contributed by atoms with Gasteiger partial charge in [0.25, 0.3) is 0 Å². The standard InChI is InChI=1S/C15H20BrN3O2/c1-10(17-2)8-18-15(21)11-7-14(20)19(9-11)13-6-4-3-5-12(13)16/h3-6,10-11,17H,7-9H2,1-2H3,(H,18,21). The average Bonchev–Trinajstić information content (AvgIpc) is 2.86. The minimum atomic E-state index is -0.284. The lowest BCUT2D eigenvalue weighted by molar-refractivity contribution is -0.126. The van der Waals surface area contributed by atoms with Crippen molar-refractivity contribution >= 4 is 33.4 Å². The van der Waals surface area contributed by atoms with Crippen LogP contribution in [0.3, 0.4) is 0 Å². The smallest absolute Gasteiger partial charge is 0.227 e. The molecule has 1 fully saturated rings. The zero-order valence-corrected chi connectivity index (χ0v) is 13.8. The number of halogens is 1. The van der Waals surface area contributed by atoms with Crippen molar-refractivity contribution in [2.24, 2.45) is 5.92 Å². The zero-order valence-electron chi connectivity index (χ0n) is 12.2. The van der Waals surface area contributed by atoms with E-state index in [1.807, 2.05) is 38.2 Å². The molecule has 21 heavy (non-hydrogen) atoms. The largest absolute Gasteiger partial charge is 0.354 e. The molecule has 0 bridgehead atoms. The van der Waals surface area contributed by atoms with E-state index in [0.717, 1.165) is 10.2 Å². The molecule has 1 aromatic rings. The Kier molecular flexibility index (Phi) is 5.36. The van der Waals surface area contributed by atoms with Gasteiger partial charge in [0.1, 0.15) is 0 Å². The summed E-state index contributed by atoms with van der Waals surface area (Å²) < 4.78 is 0.864. The molecule has 1 aromatic carbocycles. The first-order valence-electron chi connectivity index (χ1n) is 7.02. The highest BCUT2D eigenvalue weighted by atomic mass is 79.9. The molecule has 2 atom stereocenters. The van der Waals surface area contributed by atoms with Gasteiger partial charge in [-0.2, -0.15) is 0 Å². The molecule has 0 spiro atoms. The van der Waals surface area contributed by atoms with E-state index < -0.39 is 0 Å². The SMILES string of the molecule is CNC(C)CNC(=O)C1CC(=O)N(c2ccccc2Br)C1. The number of rotatable bonds is 5. The fourth-order valence-corrected chi connectivity index (χ4v) is 2.79. The molecule has 0 saturated carbocycles. The summed E-state index contributed by atoms with van der Waals surface area (Å²) in [7, 11) is 1.85. The van der Waals surface area contributed by atoms with Gasteiger partial charge in [0.2, 0.25) is 11.8 Å². The van der Waals surface area contributed by atoms with E-state index in [2.05, 4.69) is 26.6 Å². The van der Waals surface area contributed by atoms with E-state index >= 15 is 0 Å². The number of nitrogens with one attached hydrogen (secondary N) is 2. The fourth-order valence-electron chi connectivity index (χ4n) is 2.29. The summed E-state index contributed by atoms with van der Waals surface area (Å²) in [6.07, 6.45) is 0.265. The summed E-state index contributed by atoms with van der Waals surface area (Å²) in [5.74, 6) is -0.350. The minimum Gasteiger partial charge on any atom is -0.354 e. The molecular formula is C15H20BrN3O2. The molecule has 2 rings (SSSR count). The van der Waals surface area contributed by atoms with Gasteiger partial charge in [-0.3, -0.25) is 9.59 Å². The quantitative estimate of drug-likeness (QED) is 0.843. The lowest BCUT2D eigenvalue weighted by Crippen LogP contribution is -2.40. The molecule has 2 unspecified atom stereocenters. The lowest BCUT2D eigenvalue weighted by atomic mass is 10.1. The lowest BCUT2D eigenvalue weighted by Gasteiger charge is -2.18. The Bertz CT molecular complexity index is 535. The number of hydrogen-bond acceptors (Lipinski definition) is 3. The van der Waals surface area contributed by atoms with Crippen LogP contribution in [0.4, 0.5) is 5.69 Å². The molecular weight excluding hydrogens is 334 g/mol. The van der Waals surface area contributed by atoms with E-state index in [1.54, 1.807) is 4.90 Å². The van der Waals surface area contributed by atoms with E-state index in [0.29, 0.717) is 13.1 Å². The molecule has 0 aliphatic carbocycles. The van der Waals surface area contributed by atoms with Crippen LogP contribution in [0.2, 0.25) is 0 Å². The summed E-state index contributed by atoms with van der Waals surface area (Å²) in [6, 6.07) is 7.77. The third kappa shape index (κ3) is 3.83. The van der Waals surface area contributed by atoms with Gasteiger partial charge in [0, 0.05) is 30.0 Å². The van der Waals surface area contributed by atoms with Crippen LogP contribution in [-0.4, -0.2) is 38.0 Å². The highest BCUT2D eigenvalue weighted by Gasteiger charge is 2.35. The molecule has 1 heterocycles. The zero-order chi connectivity index (χ0) is 15.4. The number of nitrogens with zero attached hydrogens (tertiary/aromatic N) is 1. The molecule has 2 N–H and O–H groups in total. The van der Waals surface area contributed by atoms with Gasteiger partial charge in [-0.1, -0.05) is 12.1 Å². The third-order valence-electron chi connectivity index (χ3n) is 3.71. The van der Waals surface area contributed by atoms with Gasteiger partial charge in [0.15, 0.2) is 0 Å². The molecule has 1 saturated heterocycles. The van der Waals surface area contributed by atoms with Crippen LogP contribution in [0.5, 0.6) is 0 Å². The molecule has 1 aliphatic rings. The number of likely N-dealkylation sites (N-methyl/N-ethyl adjacent to an activating group) is 1. The Morgan fingerprint density at radius 2 is 2.19 bits per heavy atom. The van der Waals surface area contributed by atoms with Gasteiger partial charge < -0.3 is 15.5 Å². The number of benzene rings is 1. The molecule has 0 aromatic heterocycles. The van der Waals surface area contributed by atoms with Gasteiger partial charge in [0.05, 0.1) is 11.6 Å². The van der Waals surface area contributed by atoms with Crippen LogP contribution in [0, 0.1) is 5.92 Å². The van der Waals surface area contributed by atoms with E-state index in [4.69, 9.17) is 0 Å². The summed E-state index contributed by atoms with van der Waals surface area (Å²) in [5.41, 5.74) is 0.821. The van der Waals surface area contributed by atoms with Gasteiger partial charge in [-0.15, -0.1) is 0 Å². The monoisotopic (exact) mass is 353 g/mol. The highest BCUT2D eigenvalue weighted by Crippen LogP contribution is 2.31. The second-order valence-electron chi connectivity index (χ2n) is 5.29. The number of carbonyl (C=O) groups excluding carboxylic acids is 2. The summed E-state index contributed by atoms with van der Waals surface area (Å²) >= 11 is 3.45. The first kappa shape index (κ1) is 16.0. The summed E-state index contributed by atoms with van der Waals surface area (Å²) in [6.45, 7) is 2.99. The second kappa shape index (κ2) is 7.04. The van der Waals surface area contributed by atoms with Crippen LogP contribution in [0.1, 0.15) is 13.3 Å². The van der Waals surface area contributed by atoms with Crippen molar-refractivity contribution in [3.05, 3.63) is 28.7 Å². The Morgan fingerprint density at radius 3 is 2.86 bits per heavy atom. The Balaban J connectivity index is 1.99. The maximum Gasteiger partial charge on any atom is 0.227 e. The number of para-hydroxylation sites is 1. The normalized spacial score (nSPS) is 19.7. The van der Waals surface area contributed by atoms with E-state index in [1.165, 1.54) is 0 Å². The van der Waals surface area contributed by atoms with E-state index in [-0.39, 0.29) is 30.2 Å². The third-order valence-corrected chi connectivity index (χ3v) is 4.38. The number of hydrogen-bond donors (Lipinski definition) is 2. The Hall–Kier alpha value is -1.40. The predicted octanol–water partition coefficient (Wildman–Crippen LogP) is 1.53. The van der Waals surface area contributed by atoms with Crippen LogP contribution in [0.15, 0.2) is 28.7 Å². The summed E-state index contributed by atoms with van der Waals surface area (Å²) in [4.78, 5) is 26.0. The van der Waals surface area contributed by atoms with Crippen LogP contribution in [0.25, 0.3) is 0 Å². The van der Waals surface area contributed by atoms with Crippen molar-refractivity contribution in [1.29, 1.82) is 0 Å². The molecule has 1 aliphatic heterocycles. The van der Waals surface area contributed by atoms with Crippen molar-refractivity contribution < 1.29 is 9.59 Å². The first-order chi connectivity index (χ1) is 10.0. The van der Waals surface area contributed by atoms with Crippen molar-refractivity contribution in [2.75, 3.05) is 25.0 Å². The Morgan fingerprint density at radius 1 is 1.48 bits per heavy atom. The van der Waals surface area contributed by atoms with Gasteiger partial charge >= 0.3 is 0 Å². The molecule has 114 valence electrons. The maximum atomic E-state index is 12.1. The fraction of sp³-hybridized carbons (Fsp3) is 0.467. The number of carbonyl (C=O) groups is 2. The maximum absolute atomic E-state index is 12.1. The Labute approximate surface area is 133 Å². The second-order valence-corrected chi connectivity index (χ2v) is 6.15. The van der Waals surface area contributed by atoms with Gasteiger partial charge in [-0.25, -0.2) is 0 Å². The molecule has 0 radical (unpaired) electrons. The average molecular weight is 354 g/mol. The van der Waals surface area contributed by atoms with Crippen molar-refractivity contribution in [2.45, 2.75) is 19.4 Å². The first-order valence-corrected chi connectivity index (χ1v) is 7.82. The van der Waals surface area contributed by atoms with Crippen molar-refractivity contribution in [3.8, 4) is 0 Å². The molecule has 6 heteroatoms. The number of amides is 2. The van der Waals surface area contributed by atoms with Gasteiger partial charge in [-0.05, 0) is 42.0 Å². The molecule has 5 nitrogen and oxygen atoms in total. The predicted molar refractivity (Wildman–Crippen MR) is 86.1 cm³/mol. The van der Waals surface area contributed by atoms with Crippen LogP contribution < -0.4 is 15.5 Å². The van der Waals surface area contributed by atoms with Crippen molar-refractivity contribution in [1.82, 2.24) is 10.6 Å². The summed E-state index contributed by atoms with van der Waals surface area (Å²) in [5, 5.41) is 5.95. The van der Waals surface area contributed by atoms with Crippen LogP contribution >= 0.6 is 15.9 Å². The minimum absolute atomic E-state index is 0.0104. The highest BCUT2D eigenvalue weighted by molar-refractivity contribution is 9.10.